The standard InChI is InChI=1S/C27H21BrN2O5/c1-2-7-24(25(31)29-23-13-12-16(26(32)33)14-22(23)28)30-27(34)35-15-21-19-10-5-3-8-17(19)18-9-4-6-11-20(18)21/h1,3-6,8-14,21,24H,7,15H2,(H,29,31)(H,30,34)(H,32,33). The average Bonchev–Trinajstić information content (AvgIpc) is 3.17. The summed E-state index contributed by atoms with van der Waals surface area (Å²) < 4.78 is 5.89. The van der Waals surface area contributed by atoms with Gasteiger partial charge in [0, 0.05) is 16.8 Å². The molecule has 3 aromatic carbocycles. The predicted octanol–water partition coefficient (Wildman–Crippen LogP) is 5.02. The second kappa shape index (κ2) is 10.5. The SMILES string of the molecule is C#CCC(NC(=O)OCC1c2ccccc2-c2ccccc21)C(=O)Nc1ccc(C(=O)O)cc1Br. The number of carbonyl (C=O) groups is 3. The minimum atomic E-state index is -1.09. The normalized spacial score (nSPS) is 12.6. The fraction of sp³-hybridized carbons (Fsp3) is 0.148. The second-order valence-electron chi connectivity index (χ2n) is 7.92. The van der Waals surface area contributed by atoms with Crippen molar-refractivity contribution in [3.63, 3.8) is 0 Å². The van der Waals surface area contributed by atoms with Gasteiger partial charge >= 0.3 is 12.1 Å². The van der Waals surface area contributed by atoms with E-state index in [0.717, 1.165) is 22.3 Å². The summed E-state index contributed by atoms with van der Waals surface area (Å²) in [5.41, 5.74) is 4.79. The first-order valence-corrected chi connectivity index (χ1v) is 11.6. The van der Waals surface area contributed by atoms with Crippen LogP contribution >= 0.6 is 15.9 Å². The molecular weight excluding hydrogens is 512 g/mol. The molecule has 1 unspecified atom stereocenters. The number of terminal acetylenes is 1. The molecule has 35 heavy (non-hydrogen) atoms. The van der Waals surface area contributed by atoms with Crippen molar-refractivity contribution in [2.24, 2.45) is 0 Å². The highest BCUT2D eigenvalue weighted by Gasteiger charge is 2.29. The molecule has 4 rings (SSSR count). The summed E-state index contributed by atoms with van der Waals surface area (Å²) in [5.74, 6) is 0.620. The van der Waals surface area contributed by atoms with Gasteiger partial charge in [-0.2, -0.15) is 0 Å². The first-order chi connectivity index (χ1) is 16.9. The van der Waals surface area contributed by atoms with E-state index < -0.39 is 24.0 Å². The van der Waals surface area contributed by atoms with Crippen LogP contribution in [0.5, 0.6) is 0 Å². The molecule has 0 saturated carbocycles. The van der Waals surface area contributed by atoms with Gasteiger partial charge in [0.15, 0.2) is 0 Å². The van der Waals surface area contributed by atoms with Crippen molar-refractivity contribution in [2.45, 2.75) is 18.4 Å². The highest BCUT2D eigenvalue weighted by molar-refractivity contribution is 9.10. The van der Waals surface area contributed by atoms with Crippen molar-refractivity contribution in [1.29, 1.82) is 0 Å². The van der Waals surface area contributed by atoms with Gasteiger partial charge < -0.3 is 20.5 Å². The largest absolute Gasteiger partial charge is 0.478 e. The molecule has 0 bridgehead atoms. The van der Waals surface area contributed by atoms with Crippen molar-refractivity contribution in [1.82, 2.24) is 5.32 Å². The molecule has 1 aliphatic carbocycles. The van der Waals surface area contributed by atoms with Crippen molar-refractivity contribution < 1.29 is 24.2 Å². The Kier molecular flexibility index (Phi) is 7.18. The summed E-state index contributed by atoms with van der Waals surface area (Å²) in [6.07, 6.45) is 4.59. The summed E-state index contributed by atoms with van der Waals surface area (Å²) in [4.78, 5) is 36.5. The molecule has 0 fully saturated rings. The number of alkyl carbamates (subject to hydrolysis) is 1. The number of benzene rings is 3. The molecular formula is C27H21BrN2O5. The van der Waals surface area contributed by atoms with Crippen molar-refractivity contribution in [3.05, 3.63) is 87.9 Å². The average molecular weight is 533 g/mol. The van der Waals surface area contributed by atoms with Gasteiger partial charge in [0.2, 0.25) is 5.91 Å². The number of fused-ring (bicyclic) bond motifs is 3. The predicted molar refractivity (Wildman–Crippen MR) is 135 cm³/mol. The number of nitrogens with one attached hydrogen (secondary N) is 2. The third-order valence-corrected chi connectivity index (χ3v) is 6.40. The molecule has 1 aliphatic rings. The lowest BCUT2D eigenvalue weighted by molar-refractivity contribution is -0.118. The molecule has 2 amide bonds. The lowest BCUT2D eigenvalue weighted by atomic mass is 9.98. The van der Waals surface area contributed by atoms with Gasteiger partial charge in [0.1, 0.15) is 12.6 Å². The van der Waals surface area contributed by atoms with E-state index >= 15 is 0 Å². The third kappa shape index (κ3) is 5.20. The fourth-order valence-electron chi connectivity index (χ4n) is 4.08. The van der Waals surface area contributed by atoms with Crippen molar-refractivity contribution >= 4 is 39.6 Å². The number of anilines is 1. The zero-order valence-corrected chi connectivity index (χ0v) is 20.0. The highest BCUT2D eigenvalue weighted by atomic mass is 79.9. The molecule has 0 aromatic heterocycles. The highest BCUT2D eigenvalue weighted by Crippen LogP contribution is 2.44. The van der Waals surface area contributed by atoms with Gasteiger partial charge in [-0.15, -0.1) is 12.3 Å². The van der Waals surface area contributed by atoms with Gasteiger partial charge in [-0.05, 0) is 56.4 Å². The summed E-state index contributed by atoms with van der Waals surface area (Å²) in [6.45, 7) is 0.104. The van der Waals surface area contributed by atoms with Gasteiger partial charge in [-0.25, -0.2) is 9.59 Å². The number of amides is 2. The maximum atomic E-state index is 12.8. The maximum absolute atomic E-state index is 12.8. The Balaban J connectivity index is 1.41. The van der Waals surface area contributed by atoms with E-state index in [0.29, 0.717) is 10.2 Å². The number of hydrogen-bond donors (Lipinski definition) is 3. The van der Waals surface area contributed by atoms with Crippen LogP contribution in [0.3, 0.4) is 0 Å². The molecule has 1 atom stereocenters. The van der Waals surface area contributed by atoms with Crippen LogP contribution in [0.4, 0.5) is 10.5 Å². The first-order valence-electron chi connectivity index (χ1n) is 10.8. The first kappa shape index (κ1) is 24.0. The summed E-state index contributed by atoms with van der Waals surface area (Å²) >= 11 is 3.24. The maximum Gasteiger partial charge on any atom is 0.407 e. The molecule has 0 aliphatic heterocycles. The van der Waals surface area contributed by atoms with Gasteiger partial charge in [-0.1, -0.05) is 48.5 Å². The molecule has 3 aromatic rings. The van der Waals surface area contributed by atoms with E-state index in [1.165, 1.54) is 18.2 Å². The molecule has 7 nitrogen and oxygen atoms in total. The molecule has 0 heterocycles. The van der Waals surface area contributed by atoms with E-state index in [-0.39, 0.29) is 24.5 Å². The third-order valence-electron chi connectivity index (χ3n) is 5.75. The Labute approximate surface area is 210 Å². The Hall–Kier alpha value is -4.09. The van der Waals surface area contributed by atoms with Crippen LogP contribution in [0.15, 0.2) is 71.2 Å². The molecule has 3 N–H and O–H groups in total. The summed E-state index contributed by atoms with van der Waals surface area (Å²) in [7, 11) is 0. The Morgan fingerprint density at radius 2 is 1.66 bits per heavy atom. The minimum Gasteiger partial charge on any atom is -0.478 e. The quantitative estimate of drug-likeness (QED) is 0.370. The molecule has 0 radical (unpaired) electrons. The van der Waals surface area contributed by atoms with Crippen LogP contribution in [0, 0.1) is 12.3 Å². The molecule has 0 spiro atoms. The number of carboxylic acids is 1. The van der Waals surface area contributed by atoms with Crippen LogP contribution in [-0.2, 0) is 9.53 Å². The monoisotopic (exact) mass is 532 g/mol. The molecule has 0 saturated heterocycles. The minimum absolute atomic E-state index is 0.0547. The lowest BCUT2D eigenvalue weighted by Gasteiger charge is -2.19. The van der Waals surface area contributed by atoms with E-state index in [1.54, 1.807) is 0 Å². The zero-order valence-electron chi connectivity index (χ0n) is 18.5. The topological polar surface area (TPSA) is 105 Å². The molecule has 8 heteroatoms. The Morgan fingerprint density at radius 3 is 2.23 bits per heavy atom. The van der Waals surface area contributed by atoms with E-state index in [9.17, 15) is 14.4 Å². The van der Waals surface area contributed by atoms with Crippen LogP contribution in [0.2, 0.25) is 0 Å². The van der Waals surface area contributed by atoms with Crippen LogP contribution < -0.4 is 10.6 Å². The smallest absolute Gasteiger partial charge is 0.407 e. The number of rotatable bonds is 7. The fourth-order valence-corrected chi connectivity index (χ4v) is 4.56. The van der Waals surface area contributed by atoms with E-state index in [2.05, 4.69) is 32.5 Å². The number of halogens is 1. The summed E-state index contributed by atoms with van der Waals surface area (Å²) in [6, 6.07) is 19.1. The van der Waals surface area contributed by atoms with Crippen molar-refractivity contribution in [3.8, 4) is 23.5 Å². The van der Waals surface area contributed by atoms with Gasteiger partial charge in [0.25, 0.3) is 0 Å². The zero-order chi connectivity index (χ0) is 24.9. The van der Waals surface area contributed by atoms with E-state index in [4.69, 9.17) is 16.3 Å². The summed E-state index contributed by atoms with van der Waals surface area (Å²) in [5, 5.41) is 14.3. The van der Waals surface area contributed by atoms with Gasteiger partial charge in [0.05, 0.1) is 11.3 Å². The Morgan fingerprint density at radius 1 is 1.03 bits per heavy atom. The number of carbonyl (C=O) groups excluding carboxylic acids is 2. The number of ether oxygens (including phenoxy) is 1. The van der Waals surface area contributed by atoms with Crippen molar-refractivity contribution in [2.75, 3.05) is 11.9 Å². The van der Waals surface area contributed by atoms with Crippen LogP contribution in [0.25, 0.3) is 11.1 Å². The number of aromatic carboxylic acids is 1. The van der Waals surface area contributed by atoms with E-state index in [1.807, 2.05) is 48.5 Å². The number of carboxylic acid groups (broad SMARTS) is 1. The Bertz CT molecular complexity index is 1300. The second-order valence-corrected chi connectivity index (χ2v) is 8.77. The number of hydrogen-bond acceptors (Lipinski definition) is 4. The molecule has 176 valence electrons. The van der Waals surface area contributed by atoms with Crippen LogP contribution in [0.1, 0.15) is 33.8 Å². The van der Waals surface area contributed by atoms with Crippen LogP contribution in [-0.4, -0.2) is 35.7 Å². The lowest BCUT2D eigenvalue weighted by Crippen LogP contribution is -2.44. The van der Waals surface area contributed by atoms with Gasteiger partial charge in [-0.3, -0.25) is 4.79 Å².